The standard InChI is InChI=1S/C16H14O6/c1-21-14-8-12(16(19)20)6-7-13(14)22-9-10-2-4-11(5-3-10)15(17)18/h2-8H,9H2,1H3,(H,17,18)(H,19,20)/p-2. The predicted octanol–water partition coefficient (Wildman–Crippen LogP) is 0.00120. The fourth-order valence-corrected chi connectivity index (χ4v) is 1.81. The predicted molar refractivity (Wildman–Crippen MR) is 72.4 cm³/mol. The minimum Gasteiger partial charge on any atom is -0.545 e. The molecule has 6 heteroatoms. The van der Waals surface area contributed by atoms with E-state index in [1.54, 1.807) is 12.1 Å². The van der Waals surface area contributed by atoms with Crippen LogP contribution < -0.4 is 19.7 Å². The van der Waals surface area contributed by atoms with Crippen molar-refractivity contribution in [3.63, 3.8) is 0 Å². The number of ether oxygens (including phenoxy) is 2. The van der Waals surface area contributed by atoms with Crippen molar-refractivity contribution in [2.45, 2.75) is 6.61 Å². The first kappa shape index (κ1) is 15.4. The summed E-state index contributed by atoms with van der Waals surface area (Å²) in [5, 5.41) is 21.4. The van der Waals surface area contributed by atoms with Gasteiger partial charge in [-0.25, -0.2) is 0 Å². The lowest BCUT2D eigenvalue weighted by molar-refractivity contribution is -0.256. The monoisotopic (exact) mass is 300 g/mol. The number of carbonyl (C=O) groups excluding carboxylic acids is 2. The summed E-state index contributed by atoms with van der Waals surface area (Å²) in [6.45, 7) is 0.175. The van der Waals surface area contributed by atoms with Gasteiger partial charge in [-0.15, -0.1) is 0 Å². The molecule has 2 rings (SSSR count). The lowest BCUT2D eigenvalue weighted by Gasteiger charge is -2.13. The molecule has 0 bridgehead atoms. The topological polar surface area (TPSA) is 98.7 Å². The second kappa shape index (κ2) is 6.62. The van der Waals surface area contributed by atoms with Crippen molar-refractivity contribution in [3.05, 3.63) is 59.2 Å². The molecule has 0 aromatic heterocycles. The van der Waals surface area contributed by atoms with Crippen molar-refractivity contribution in [1.29, 1.82) is 0 Å². The molecule has 0 fully saturated rings. The molecule has 0 heterocycles. The van der Waals surface area contributed by atoms with E-state index in [4.69, 9.17) is 9.47 Å². The van der Waals surface area contributed by atoms with Crippen LogP contribution in [0.2, 0.25) is 0 Å². The summed E-state index contributed by atoms with van der Waals surface area (Å²) in [5.74, 6) is -1.90. The molecule has 114 valence electrons. The fourth-order valence-electron chi connectivity index (χ4n) is 1.81. The second-order valence-electron chi connectivity index (χ2n) is 4.43. The summed E-state index contributed by atoms with van der Waals surface area (Å²) in [7, 11) is 1.40. The first-order valence-electron chi connectivity index (χ1n) is 6.33. The fraction of sp³-hybridized carbons (Fsp3) is 0.125. The maximum atomic E-state index is 10.8. The number of carboxylic acids is 2. The zero-order chi connectivity index (χ0) is 16.1. The third-order valence-electron chi connectivity index (χ3n) is 2.98. The number of aromatic carboxylic acids is 2. The Hall–Kier alpha value is -3.02. The third-order valence-corrected chi connectivity index (χ3v) is 2.98. The maximum absolute atomic E-state index is 10.8. The van der Waals surface area contributed by atoms with E-state index in [-0.39, 0.29) is 23.5 Å². The normalized spacial score (nSPS) is 10.0. The van der Waals surface area contributed by atoms with Crippen LogP contribution in [0.5, 0.6) is 11.5 Å². The van der Waals surface area contributed by atoms with E-state index in [2.05, 4.69) is 0 Å². The highest BCUT2D eigenvalue weighted by molar-refractivity contribution is 5.86. The Morgan fingerprint density at radius 2 is 1.50 bits per heavy atom. The zero-order valence-electron chi connectivity index (χ0n) is 11.7. The Labute approximate surface area is 126 Å². The first-order chi connectivity index (χ1) is 10.5. The SMILES string of the molecule is COc1cc(C(=O)[O-])ccc1OCc1ccc(C(=O)[O-])cc1. The number of carbonyl (C=O) groups is 2. The van der Waals surface area contributed by atoms with Gasteiger partial charge in [0.05, 0.1) is 19.0 Å². The molecule has 0 aliphatic heterocycles. The smallest absolute Gasteiger partial charge is 0.161 e. The molecule has 22 heavy (non-hydrogen) atoms. The van der Waals surface area contributed by atoms with Crippen LogP contribution >= 0.6 is 0 Å². The Morgan fingerprint density at radius 3 is 2.05 bits per heavy atom. The number of rotatable bonds is 6. The second-order valence-corrected chi connectivity index (χ2v) is 4.43. The van der Waals surface area contributed by atoms with E-state index in [9.17, 15) is 19.8 Å². The lowest BCUT2D eigenvalue weighted by atomic mass is 10.1. The summed E-state index contributed by atoms with van der Waals surface area (Å²) in [5.41, 5.74) is 0.818. The Kier molecular flexibility index (Phi) is 4.63. The average molecular weight is 300 g/mol. The van der Waals surface area contributed by atoms with Crippen molar-refractivity contribution >= 4 is 11.9 Å². The van der Waals surface area contributed by atoms with E-state index in [1.165, 1.54) is 37.4 Å². The molecule has 0 atom stereocenters. The van der Waals surface area contributed by atoms with Gasteiger partial charge in [-0.3, -0.25) is 0 Å². The largest absolute Gasteiger partial charge is 0.545 e. The molecular formula is C16H12O6-2. The summed E-state index contributed by atoms with van der Waals surface area (Å²) in [6, 6.07) is 10.2. The minimum absolute atomic E-state index is 0.0116. The Balaban J connectivity index is 2.10. The van der Waals surface area contributed by atoms with Crippen LogP contribution in [0.4, 0.5) is 0 Å². The number of hydrogen-bond donors (Lipinski definition) is 0. The van der Waals surface area contributed by atoms with Crippen molar-refractivity contribution in [2.24, 2.45) is 0 Å². The van der Waals surface area contributed by atoms with Gasteiger partial charge in [0.25, 0.3) is 0 Å². The summed E-state index contributed by atoms with van der Waals surface area (Å²) in [6.07, 6.45) is 0. The van der Waals surface area contributed by atoms with Gasteiger partial charge < -0.3 is 29.3 Å². The van der Waals surface area contributed by atoms with Gasteiger partial charge in [-0.1, -0.05) is 24.3 Å². The van der Waals surface area contributed by atoms with Crippen molar-refractivity contribution in [1.82, 2.24) is 0 Å². The van der Waals surface area contributed by atoms with E-state index in [1.807, 2.05) is 0 Å². The third kappa shape index (κ3) is 3.54. The number of methoxy groups -OCH3 is 1. The molecule has 0 aliphatic rings. The van der Waals surface area contributed by atoms with Crippen molar-refractivity contribution < 1.29 is 29.3 Å². The van der Waals surface area contributed by atoms with E-state index < -0.39 is 11.9 Å². The molecule has 0 saturated heterocycles. The first-order valence-corrected chi connectivity index (χ1v) is 6.33. The molecule has 0 N–H and O–H groups in total. The van der Waals surface area contributed by atoms with Crippen LogP contribution in [0, 0.1) is 0 Å². The van der Waals surface area contributed by atoms with Crippen molar-refractivity contribution in [3.8, 4) is 11.5 Å². The molecule has 0 aliphatic carbocycles. The molecule has 0 unspecified atom stereocenters. The van der Waals surface area contributed by atoms with Crippen LogP contribution in [0.3, 0.4) is 0 Å². The van der Waals surface area contributed by atoms with Crippen molar-refractivity contribution in [2.75, 3.05) is 7.11 Å². The molecule has 0 spiro atoms. The van der Waals surface area contributed by atoms with Gasteiger partial charge >= 0.3 is 0 Å². The molecule has 2 aromatic carbocycles. The molecule has 6 nitrogen and oxygen atoms in total. The molecule has 0 saturated carbocycles. The van der Waals surface area contributed by atoms with E-state index in [0.29, 0.717) is 5.75 Å². The van der Waals surface area contributed by atoms with Crippen LogP contribution in [0.15, 0.2) is 42.5 Å². The minimum atomic E-state index is -1.30. The molecule has 0 amide bonds. The lowest BCUT2D eigenvalue weighted by Crippen LogP contribution is -2.22. The highest BCUT2D eigenvalue weighted by Gasteiger charge is 2.07. The van der Waals surface area contributed by atoms with Crippen LogP contribution in [-0.4, -0.2) is 19.0 Å². The van der Waals surface area contributed by atoms with Crippen LogP contribution in [0.25, 0.3) is 0 Å². The Morgan fingerprint density at radius 1 is 0.909 bits per heavy atom. The number of carboxylic acid groups (broad SMARTS) is 2. The van der Waals surface area contributed by atoms with Crippen LogP contribution in [0.1, 0.15) is 26.3 Å². The van der Waals surface area contributed by atoms with E-state index in [0.717, 1.165) is 5.56 Å². The summed E-state index contributed by atoms with van der Waals surface area (Å²) in [4.78, 5) is 21.4. The van der Waals surface area contributed by atoms with Gasteiger partial charge in [0.1, 0.15) is 6.61 Å². The number of benzene rings is 2. The summed E-state index contributed by atoms with van der Waals surface area (Å²) < 4.78 is 10.6. The van der Waals surface area contributed by atoms with Gasteiger partial charge in [0.2, 0.25) is 0 Å². The highest BCUT2D eigenvalue weighted by Crippen LogP contribution is 2.28. The molecule has 0 radical (unpaired) electrons. The van der Waals surface area contributed by atoms with Gasteiger partial charge in [0.15, 0.2) is 11.5 Å². The summed E-state index contributed by atoms with van der Waals surface area (Å²) >= 11 is 0. The van der Waals surface area contributed by atoms with Gasteiger partial charge in [-0.2, -0.15) is 0 Å². The molecule has 2 aromatic rings. The number of hydrogen-bond acceptors (Lipinski definition) is 6. The molecular weight excluding hydrogens is 288 g/mol. The van der Waals surface area contributed by atoms with Crippen LogP contribution in [-0.2, 0) is 6.61 Å². The van der Waals surface area contributed by atoms with E-state index >= 15 is 0 Å². The quantitative estimate of drug-likeness (QED) is 0.744. The van der Waals surface area contributed by atoms with Gasteiger partial charge in [0, 0.05) is 5.56 Å². The average Bonchev–Trinajstić information content (AvgIpc) is 2.52. The zero-order valence-corrected chi connectivity index (χ0v) is 11.7. The van der Waals surface area contributed by atoms with Gasteiger partial charge in [-0.05, 0) is 29.3 Å². The maximum Gasteiger partial charge on any atom is 0.161 e. The Bertz CT molecular complexity index is 690. The highest BCUT2D eigenvalue weighted by atomic mass is 16.5.